The Kier molecular flexibility index (Phi) is 33.2. The molecule has 0 amide bonds. The van der Waals surface area contributed by atoms with Crippen LogP contribution in [0.1, 0.15) is 93.1 Å². The lowest BCUT2D eigenvalue weighted by Gasteiger charge is -2.42. The third kappa shape index (κ3) is 24.8. The Bertz CT molecular complexity index is 1950. The van der Waals surface area contributed by atoms with Crippen molar-refractivity contribution in [2.45, 2.75) is 96.4 Å². The van der Waals surface area contributed by atoms with Gasteiger partial charge >= 0.3 is 18.5 Å². The van der Waals surface area contributed by atoms with Gasteiger partial charge in [0.2, 0.25) is 0 Å². The van der Waals surface area contributed by atoms with Gasteiger partial charge in [-0.1, -0.05) is 36.4 Å². The molecule has 0 aliphatic carbocycles. The molecule has 0 saturated carbocycles. The Balaban J connectivity index is -0.000000849. The molecule has 3 aromatic carbocycles. The third-order valence-electron chi connectivity index (χ3n) is 11.5. The Morgan fingerprint density at radius 2 is 0.928 bits per heavy atom. The summed E-state index contributed by atoms with van der Waals surface area (Å²) < 4.78 is 138. The number of likely N-dealkylation sites (N-methyl/N-ethyl adjacent to an activating group) is 2. The lowest BCUT2D eigenvalue weighted by atomic mass is 10.0. The molecule has 2 N–H and O–H groups in total. The van der Waals surface area contributed by atoms with Crippen molar-refractivity contribution in [3.63, 3.8) is 0 Å². The van der Waals surface area contributed by atoms with Crippen molar-refractivity contribution in [3.8, 4) is 0 Å². The number of hydrogen-bond donors (Lipinski definition) is 2. The summed E-state index contributed by atoms with van der Waals surface area (Å²) in [6.07, 6.45) is -12.9. The van der Waals surface area contributed by atoms with Gasteiger partial charge < -0.3 is 20.4 Å². The van der Waals surface area contributed by atoms with Gasteiger partial charge in [0.05, 0.1) is 29.1 Å². The minimum absolute atomic E-state index is 0. The summed E-state index contributed by atoms with van der Waals surface area (Å²) in [5.41, 5.74) is 0.282. The number of alkyl halides is 9. The summed E-state index contributed by atoms with van der Waals surface area (Å²) in [5.74, 6) is 0. The van der Waals surface area contributed by atoms with E-state index < -0.39 is 51.4 Å². The highest BCUT2D eigenvalue weighted by Crippen LogP contribution is 2.34. The zero-order valence-electron chi connectivity index (χ0n) is 40.6. The van der Waals surface area contributed by atoms with Crippen LogP contribution in [0.15, 0.2) is 72.8 Å². The lowest BCUT2D eigenvalue weighted by molar-refractivity contribution is -0.138. The van der Waals surface area contributed by atoms with E-state index in [9.17, 15) is 47.9 Å². The van der Waals surface area contributed by atoms with Crippen LogP contribution < -0.4 is 10.6 Å². The van der Waals surface area contributed by atoms with Gasteiger partial charge in [0.1, 0.15) is 0 Å². The molecule has 3 aliphatic heterocycles. The number of benzene rings is 3. The first-order chi connectivity index (χ1) is 29.6. The van der Waals surface area contributed by atoms with Gasteiger partial charge in [-0.3, -0.25) is 14.0 Å². The number of rotatable bonds is 7. The van der Waals surface area contributed by atoms with Crippen LogP contribution in [0.4, 0.5) is 39.5 Å². The summed E-state index contributed by atoms with van der Waals surface area (Å²) in [7, 11) is 0.626. The van der Waals surface area contributed by atoms with Gasteiger partial charge in [-0.25, -0.2) is 0 Å². The monoisotopic (exact) mass is 1110 g/mol. The highest BCUT2D eigenvalue weighted by Gasteiger charge is 2.33. The molecule has 402 valence electrons. The second-order valence-electron chi connectivity index (χ2n) is 16.9. The second-order valence-corrected chi connectivity index (χ2v) is 18.5. The van der Waals surface area contributed by atoms with E-state index in [0.717, 1.165) is 75.3 Å². The zero-order chi connectivity index (χ0) is 48.2. The molecule has 3 saturated heterocycles. The molecule has 6 rings (SSSR count). The van der Waals surface area contributed by atoms with Crippen molar-refractivity contribution in [2.75, 3.05) is 79.3 Å². The summed E-state index contributed by atoms with van der Waals surface area (Å²) in [5, 5.41) is 6.68. The molecule has 0 radical (unpaired) electrons. The van der Waals surface area contributed by atoms with Crippen LogP contribution >= 0.6 is 67.5 Å². The van der Waals surface area contributed by atoms with Crippen LogP contribution in [0, 0.1) is 0 Å². The SMILES string of the molecule is C[C@@H](OS(C)(=O)=O)c1ccc(C(F)(F)F)cc1.C[C@H]1CN(C)CCN1.C[C@H]1CN(C)CCN1[C@@H](C)c1ccc(C(F)(F)F)cc1.C[C@H]1CNCCN1[C@@H](C)c1ccc(C(F)(F)F)cc1.S.S.S.S.S. The average Bonchev–Trinajstić information content (AvgIpc) is 3.20. The van der Waals surface area contributed by atoms with Crippen molar-refractivity contribution in [1.29, 1.82) is 0 Å². The van der Waals surface area contributed by atoms with E-state index in [1.54, 1.807) is 24.3 Å². The van der Waals surface area contributed by atoms with E-state index in [0.29, 0.717) is 23.7 Å². The molecule has 69 heavy (non-hydrogen) atoms. The minimum Gasteiger partial charge on any atom is -0.314 e. The van der Waals surface area contributed by atoms with Crippen molar-refractivity contribution in [2.24, 2.45) is 0 Å². The summed E-state index contributed by atoms with van der Waals surface area (Å²) in [6, 6.07) is 17.0. The Morgan fingerprint density at radius 3 is 1.25 bits per heavy atom. The maximum atomic E-state index is 12.6. The Hall–Kier alpha value is -1.55. The van der Waals surface area contributed by atoms with Crippen molar-refractivity contribution in [1.82, 2.24) is 30.2 Å². The first-order valence-electron chi connectivity index (χ1n) is 21.3. The maximum Gasteiger partial charge on any atom is 0.416 e. The average molecular weight is 1110 g/mol. The summed E-state index contributed by atoms with van der Waals surface area (Å²) in [4.78, 5) is 9.30. The molecule has 3 aliphatic rings. The van der Waals surface area contributed by atoms with E-state index in [-0.39, 0.29) is 79.6 Å². The number of piperazine rings is 3. The number of nitrogens with zero attached hydrogens (tertiary/aromatic N) is 4. The van der Waals surface area contributed by atoms with Crippen LogP contribution in [0.3, 0.4) is 0 Å². The fourth-order valence-corrected chi connectivity index (χ4v) is 8.47. The molecule has 6 atom stereocenters. The lowest BCUT2D eigenvalue weighted by Crippen LogP contribution is -2.51. The first-order valence-corrected chi connectivity index (χ1v) is 23.1. The molecular weight excluding hydrogens is 1040 g/mol. The molecule has 0 spiro atoms. The van der Waals surface area contributed by atoms with E-state index >= 15 is 0 Å². The highest BCUT2D eigenvalue weighted by atomic mass is 32.2. The van der Waals surface area contributed by atoms with E-state index in [1.165, 1.54) is 56.4 Å². The van der Waals surface area contributed by atoms with Gasteiger partial charge in [0.25, 0.3) is 10.1 Å². The predicted molar refractivity (Wildman–Crippen MR) is 285 cm³/mol. The Morgan fingerprint density at radius 1 is 0.551 bits per heavy atom. The van der Waals surface area contributed by atoms with Crippen LogP contribution in [0.2, 0.25) is 0 Å². The van der Waals surface area contributed by atoms with Gasteiger partial charge in [-0.05, 0) is 109 Å². The van der Waals surface area contributed by atoms with Crippen molar-refractivity contribution < 1.29 is 52.1 Å². The third-order valence-corrected chi connectivity index (χ3v) is 12.1. The van der Waals surface area contributed by atoms with Crippen LogP contribution in [-0.2, 0) is 32.8 Å². The first kappa shape index (κ1) is 71.7. The van der Waals surface area contributed by atoms with Gasteiger partial charge in [0, 0.05) is 89.1 Å². The van der Waals surface area contributed by atoms with E-state index in [2.05, 4.69) is 76.2 Å². The molecule has 0 unspecified atom stereocenters. The summed E-state index contributed by atoms with van der Waals surface area (Å²) >= 11 is 0. The largest absolute Gasteiger partial charge is 0.416 e. The van der Waals surface area contributed by atoms with E-state index in [1.807, 2.05) is 6.92 Å². The van der Waals surface area contributed by atoms with Crippen molar-refractivity contribution >= 4 is 77.6 Å². The van der Waals surface area contributed by atoms with Crippen LogP contribution in [-0.4, -0.2) is 125 Å². The fourth-order valence-electron chi connectivity index (χ4n) is 7.83. The maximum absolute atomic E-state index is 12.6. The van der Waals surface area contributed by atoms with Crippen LogP contribution in [0.25, 0.3) is 0 Å². The van der Waals surface area contributed by atoms with Gasteiger partial charge in [0.15, 0.2) is 0 Å². The zero-order valence-corrected chi connectivity index (χ0v) is 46.4. The number of hydrogen-bond acceptors (Lipinski definition) is 9. The number of halogens is 9. The highest BCUT2D eigenvalue weighted by molar-refractivity contribution is 7.86. The molecule has 3 fully saturated rings. The standard InChI is InChI=1S/C15H21F3N2.C14H19F3N2.C10H11F3O3S.C6H14N2.5H2S/c1-11-10-19(3)8-9-20(11)12(2)13-4-6-14(7-5-13)15(16,17)18;1-10-9-18-7-8-19(10)11(2)12-3-5-13(6-4-12)14(15,16)17;1-7(16-17(2,14)15)8-3-5-9(6-4-8)10(11,12)13;1-6-5-8(2)4-3-7-6;;;;;/h4-7,11-12H,8-10H2,1-3H3;3-6,10-11,18H,7-9H2,1-2H3;3-7H,1-2H3;6-7H,3-5H2,1-2H3;5*1H2/t11-,12-;10-,11-;7-;6-;;;;;/m0010...../s1. The fraction of sp³-hybridized carbons (Fsp3) is 0.600. The molecule has 24 heteroatoms. The summed E-state index contributed by atoms with van der Waals surface area (Å²) in [6.45, 7) is 21.3. The van der Waals surface area contributed by atoms with E-state index in [4.69, 9.17) is 0 Å². The minimum atomic E-state index is -4.40. The quantitative estimate of drug-likeness (QED) is 0.178. The normalized spacial score (nSPS) is 20.8. The van der Waals surface area contributed by atoms with Gasteiger partial charge in [-0.15, -0.1) is 0 Å². The molecule has 9 nitrogen and oxygen atoms in total. The predicted octanol–water partition coefficient (Wildman–Crippen LogP) is 9.68. The van der Waals surface area contributed by atoms with Crippen molar-refractivity contribution in [3.05, 3.63) is 106 Å². The number of nitrogens with one attached hydrogen (secondary N) is 2. The second kappa shape index (κ2) is 31.9. The molecule has 0 bridgehead atoms. The smallest absolute Gasteiger partial charge is 0.314 e. The topological polar surface area (TPSA) is 80.4 Å². The Labute approximate surface area is 439 Å². The van der Waals surface area contributed by atoms with Crippen LogP contribution in [0.5, 0.6) is 0 Å². The molecule has 3 heterocycles. The molecule has 0 aromatic heterocycles. The van der Waals surface area contributed by atoms with Gasteiger partial charge in [-0.2, -0.15) is 115 Å². The molecule has 3 aromatic rings. The molecular formula is C45H75F9N6O3S6.